The highest BCUT2D eigenvalue weighted by Gasteiger charge is 2.22. The van der Waals surface area contributed by atoms with E-state index in [1.54, 1.807) is 13.2 Å². The molecule has 1 atom stereocenters. The number of benzene rings is 2. The standard InChI is InChI=1S/C18H19ClO2/c1-21-16-10-4-9-15(19)17(16)18(20)14-8-3-7-13(11-14)12-5-2-6-12/h3-4,7-12,18,20H,2,5-6H2,1H3. The molecule has 0 aromatic heterocycles. The highest BCUT2D eigenvalue weighted by atomic mass is 35.5. The first-order chi connectivity index (χ1) is 10.2. The molecule has 3 heteroatoms. The molecule has 2 aromatic carbocycles. The molecule has 0 bridgehead atoms. The van der Waals surface area contributed by atoms with Gasteiger partial charge in [-0.05, 0) is 42.0 Å². The summed E-state index contributed by atoms with van der Waals surface area (Å²) in [5, 5.41) is 11.2. The van der Waals surface area contributed by atoms with E-state index in [0.29, 0.717) is 22.3 Å². The van der Waals surface area contributed by atoms with E-state index in [4.69, 9.17) is 16.3 Å². The molecule has 1 aliphatic carbocycles. The van der Waals surface area contributed by atoms with E-state index in [9.17, 15) is 5.11 Å². The summed E-state index contributed by atoms with van der Waals surface area (Å²) in [6, 6.07) is 13.6. The minimum Gasteiger partial charge on any atom is -0.496 e. The number of hydrogen-bond acceptors (Lipinski definition) is 2. The van der Waals surface area contributed by atoms with E-state index >= 15 is 0 Å². The van der Waals surface area contributed by atoms with Gasteiger partial charge in [0.1, 0.15) is 11.9 Å². The normalized spacial score (nSPS) is 16.3. The Labute approximate surface area is 130 Å². The number of methoxy groups -OCH3 is 1. The molecular formula is C18H19ClO2. The lowest BCUT2D eigenvalue weighted by atomic mass is 9.79. The number of aliphatic hydroxyl groups is 1. The molecule has 1 aliphatic rings. The van der Waals surface area contributed by atoms with Crippen LogP contribution in [0.25, 0.3) is 0 Å². The second-order valence-corrected chi connectivity index (χ2v) is 5.96. The SMILES string of the molecule is COc1cccc(Cl)c1C(O)c1cccc(C2CCC2)c1. The van der Waals surface area contributed by atoms with Crippen molar-refractivity contribution < 1.29 is 9.84 Å². The summed E-state index contributed by atoms with van der Waals surface area (Å²) in [6.45, 7) is 0. The number of aliphatic hydroxyl groups excluding tert-OH is 1. The monoisotopic (exact) mass is 302 g/mol. The summed E-state index contributed by atoms with van der Waals surface area (Å²) >= 11 is 6.25. The molecule has 0 heterocycles. The third-order valence-electron chi connectivity index (χ3n) is 4.31. The van der Waals surface area contributed by atoms with Crippen LogP contribution in [0.4, 0.5) is 0 Å². The van der Waals surface area contributed by atoms with Gasteiger partial charge in [0.15, 0.2) is 0 Å². The van der Waals surface area contributed by atoms with Crippen LogP contribution in [0.1, 0.15) is 48.0 Å². The van der Waals surface area contributed by atoms with Crippen LogP contribution < -0.4 is 4.74 Å². The summed E-state index contributed by atoms with van der Waals surface area (Å²) < 4.78 is 5.33. The van der Waals surface area contributed by atoms with Crippen LogP contribution in [-0.2, 0) is 0 Å². The van der Waals surface area contributed by atoms with Crippen LogP contribution in [0, 0.1) is 0 Å². The summed E-state index contributed by atoms with van der Waals surface area (Å²) in [5.41, 5.74) is 2.81. The van der Waals surface area contributed by atoms with Crippen molar-refractivity contribution in [3.05, 3.63) is 64.2 Å². The lowest BCUT2D eigenvalue weighted by molar-refractivity contribution is 0.214. The topological polar surface area (TPSA) is 29.5 Å². The van der Waals surface area contributed by atoms with Gasteiger partial charge in [0.25, 0.3) is 0 Å². The molecule has 1 fully saturated rings. The molecule has 21 heavy (non-hydrogen) atoms. The van der Waals surface area contributed by atoms with Crippen LogP contribution in [0.15, 0.2) is 42.5 Å². The van der Waals surface area contributed by atoms with Gasteiger partial charge in [0.05, 0.1) is 12.1 Å². The smallest absolute Gasteiger partial charge is 0.126 e. The first-order valence-electron chi connectivity index (χ1n) is 7.31. The van der Waals surface area contributed by atoms with E-state index < -0.39 is 6.10 Å². The Kier molecular flexibility index (Phi) is 4.18. The van der Waals surface area contributed by atoms with Gasteiger partial charge in [0, 0.05) is 5.56 Å². The lowest BCUT2D eigenvalue weighted by Crippen LogP contribution is -2.10. The van der Waals surface area contributed by atoms with E-state index in [2.05, 4.69) is 12.1 Å². The van der Waals surface area contributed by atoms with Gasteiger partial charge in [-0.2, -0.15) is 0 Å². The van der Waals surface area contributed by atoms with Gasteiger partial charge in [-0.25, -0.2) is 0 Å². The summed E-state index contributed by atoms with van der Waals surface area (Å²) in [7, 11) is 1.59. The molecule has 110 valence electrons. The van der Waals surface area contributed by atoms with Crippen LogP contribution in [-0.4, -0.2) is 12.2 Å². The summed E-state index contributed by atoms with van der Waals surface area (Å²) in [6.07, 6.45) is 3.02. The molecule has 1 N–H and O–H groups in total. The van der Waals surface area contributed by atoms with Crippen LogP contribution in [0.5, 0.6) is 5.75 Å². The van der Waals surface area contributed by atoms with Crippen molar-refractivity contribution in [2.45, 2.75) is 31.3 Å². The number of ether oxygens (including phenoxy) is 1. The van der Waals surface area contributed by atoms with Crippen molar-refractivity contribution in [2.24, 2.45) is 0 Å². The average Bonchev–Trinajstić information content (AvgIpc) is 2.45. The Hall–Kier alpha value is -1.51. The maximum atomic E-state index is 10.7. The molecule has 0 radical (unpaired) electrons. The second-order valence-electron chi connectivity index (χ2n) is 5.56. The van der Waals surface area contributed by atoms with Gasteiger partial charge >= 0.3 is 0 Å². The molecule has 1 saturated carbocycles. The van der Waals surface area contributed by atoms with Gasteiger partial charge < -0.3 is 9.84 Å². The van der Waals surface area contributed by atoms with Crippen molar-refractivity contribution in [1.29, 1.82) is 0 Å². The largest absolute Gasteiger partial charge is 0.496 e. The Morgan fingerprint density at radius 3 is 2.62 bits per heavy atom. The fourth-order valence-electron chi connectivity index (χ4n) is 2.85. The van der Waals surface area contributed by atoms with Crippen LogP contribution in [0.2, 0.25) is 5.02 Å². The summed E-state index contributed by atoms with van der Waals surface area (Å²) in [4.78, 5) is 0. The fraction of sp³-hybridized carbons (Fsp3) is 0.333. The quantitative estimate of drug-likeness (QED) is 0.887. The molecule has 0 aliphatic heterocycles. The van der Waals surface area contributed by atoms with E-state index in [1.165, 1.54) is 24.8 Å². The van der Waals surface area contributed by atoms with Gasteiger partial charge in [0.2, 0.25) is 0 Å². The predicted molar refractivity (Wildman–Crippen MR) is 85.1 cm³/mol. The number of rotatable bonds is 4. The minimum atomic E-state index is -0.770. The molecule has 1 unspecified atom stereocenters. The minimum absolute atomic E-state index is 0.524. The molecule has 0 saturated heterocycles. The highest BCUT2D eigenvalue weighted by Crippen LogP contribution is 2.39. The van der Waals surface area contributed by atoms with E-state index in [-0.39, 0.29) is 0 Å². The van der Waals surface area contributed by atoms with Gasteiger partial charge in [-0.15, -0.1) is 0 Å². The van der Waals surface area contributed by atoms with E-state index in [1.807, 2.05) is 24.3 Å². The first kappa shape index (κ1) is 14.4. The molecule has 0 amide bonds. The van der Waals surface area contributed by atoms with Gasteiger partial charge in [-0.3, -0.25) is 0 Å². The zero-order valence-corrected chi connectivity index (χ0v) is 12.8. The maximum absolute atomic E-state index is 10.7. The lowest BCUT2D eigenvalue weighted by Gasteiger charge is -2.26. The van der Waals surface area contributed by atoms with Crippen molar-refractivity contribution in [3.8, 4) is 5.75 Å². The van der Waals surface area contributed by atoms with Gasteiger partial charge in [-0.1, -0.05) is 48.4 Å². The second kappa shape index (κ2) is 6.08. The van der Waals surface area contributed by atoms with Crippen molar-refractivity contribution in [3.63, 3.8) is 0 Å². The van der Waals surface area contributed by atoms with Crippen molar-refractivity contribution in [2.75, 3.05) is 7.11 Å². The Morgan fingerprint density at radius 1 is 1.19 bits per heavy atom. The predicted octanol–water partition coefficient (Wildman–Crippen LogP) is 4.70. The third kappa shape index (κ3) is 2.78. The number of halogens is 1. The molecule has 2 aromatic rings. The fourth-order valence-corrected chi connectivity index (χ4v) is 3.12. The zero-order valence-electron chi connectivity index (χ0n) is 12.1. The molecule has 2 nitrogen and oxygen atoms in total. The van der Waals surface area contributed by atoms with Crippen molar-refractivity contribution >= 4 is 11.6 Å². The third-order valence-corrected chi connectivity index (χ3v) is 4.64. The maximum Gasteiger partial charge on any atom is 0.126 e. The molecule has 3 rings (SSSR count). The number of hydrogen-bond donors (Lipinski definition) is 1. The first-order valence-corrected chi connectivity index (χ1v) is 7.69. The Balaban J connectivity index is 1.96. The zero-order chi connectivity index (χ0) is 14.8. The highest BCUT2D eigenvalue weighted by molar-refractivity contribution is 6.31. The molecule has 0 spiro atoms. The summed E-state index contributed by atoms with van der Waals surface area (Å²) in [5.74, 6) is 1.26. The Morgan fingerprint density at radius 2 is 1.95 bits per heavy atom. The molecular weight excluding hydrogens is 284 g/mol. The van der Waals surface area contributed by atoms with Crippen molar-refractivity contribution in [1.82, 2.24) is 0 Å². The van der Waals surface area contributed by atoms with E-state index in [0.717, 1.165) is 5.56 Å². The Bertz CT molecular complexity index is 635. The average molecular weight is 303 g/mol. The van der Waals surface area contributed by atoms with Crippen LogP contribution in [0.3, 0.4) is 0 Å². The van der Waals surface area contributed by atoms with Crippen LogP contribution >= 0.6 is 11.6 Å².